The van der Waals surface area contributed by atoms with Crippen LogP contribution in [0.2, 0.25) is 0 Å². The topological polar surface area (TPSA) is 98.0 Å². The molecule has 1 aromatic heterocycles. The Morgan fingerprint density at radius 3 is 2.45 bits per heavy atom. The van der Waals surface area contributed by atoms with Crippen molar-refractivity contribution in [3.05, 3.63) is 88.8 Å². The Hall–Kier alpha value is -4.26. The minimum absolute atomic E-state index is 0.153. The molecular formula is C26H23NO6. The molecule has 0 radical (unpaired) electrons. The standard InChI is InChI=1S/C26H23NO6/c1-31-20-8-4-18(5-9-20)23-15-33-24-14-21(10-11-22(24)26(23)30)32-16-25(29)27-13-12-17-2-6-19(28)7-3-17/h2-11,14-15,28H,12-13,16H2,1H3,(H,27,29). The van der Waals surface area contributed by atoms with Crippen molar-refractivity contribution in [1.82, 2.24) is 5.32 Å². The summed E-state index contributed by atoms with van der Waals surface area (Å²) in [5.74, 6) is 1.08. The summed E-state index contributed by atoms with van der Waals surface area (Å²) in [6.07, 6.45) is 2.07. The second-order valence-electron chi connectivity index (χ2n) is 7.42. The van der Waals surface area contributed by atoms with Crippen LogP contribution in [0.15, 0.2) is 82.2 Å². The number of hydrogen-bond donors (Lipinski definition) is 2. The number of phenols is 1. The summed E-state index contributed by atoms with van der Waals surface area (Å²) in [4.78, 5) is 25.0. The van der Waals surface area contributed by atoms with Crippen molar-refractivity contribution in [2.45, 2.75) is 6.42 Å². The van der Waals surface area contributed by atoms with Crippen molar-refractivity contribution < 1.29 is 23.8 Å². The van der Waals surface area contributed by atoms with E-state index in [1.807, 2.05) is 0 Å². The summed E-state index contributed by atoms with van der Waals surface area (Å²) in [5, 5.41) is 12.5. The van der Waals surface area contributed by atoms with E-state index in [0.717, 1.165) is 11.1 Å². The molecule has 0 aliphatic carbocycles. The molecule has 0 aliphatic heterocycles. The minimum Gasteiger partial charge on any atom is -0.508 e. The molecule has 0 saturated heterocycles. The number of benzene rings is 3. The summed E-state index contributed by atoms with van der Waals surface area (Å²) < 4.78 is 16.4. The van der Waals surface area contributed by atoms with E-state index < -0.39 is 0 Å². The lowest BCUT2D eigenvalue weighted by Crippen LogP contribution is -2.30. The smallest absolute Gasteiger partial charge is 0.257 e. The number of phenolic OH excluding ortho intramolecular Hbond substituents is 1. The third kappa shape index (κ3) is 5.33. The summed E-state index contributed by atoms with van der Waals surface area (Å²) in [7, 11) is 1.58. The van der Waals surface area contributed by atoms with Crippen LogP contribution >= 0.6 is 0 Å². The third-order valence-electron chi connectivity index (χ3n) is 5.19. The number of amides is 1. The molecule has 0 saturated carbocycles. The molecule has 7 nitrogen and oxygen atoms in total. The molecule has 4 aromatic rings. The predicted molar refractivity (Wildman–Crippen MR) is 125 cm³/mol. The number of nitrogens with one attached hydrogen (secondary N) is 1. The van der Waals surface area contributed by atoms with Crippen LogP contribution < -0.4 is 20.2 Å². The quantitative estimate of drug-likeness (QED) is 0.427. The number of fused-ring (bicyclic) bond motifs is 1. The first-order valence-electron chi connectivity index (χ1n) is 10.4. The lowest BCUT2D eigenvalue weighted by Gasteiger charge is -2.09. The Labute approximate surface area is 190 Å². The number of hydrogen-bond acceptors (Lipinski definition) is 6. The Balaban J connectivity index is 1.37. The van der Waals surface area contributed by atoms with Crippen molar-refractivity contribution >= 4 is 16.9 Å². The second kappa shape index (κ2) is 9.91. The lowest BCUT2D eigenvalue weighted by molar-refractivity contribution is -0.123. The van der Waals surface area contributed by atoms with Gasteiger partial charge in [0.25, 0.3) is 5.91 Å². The van der Waals surface area contributed by atoms with E-state index in [1.54, 1.807) is 73.8 Å². The lowest BCUT2D eigenvalue weighted by atomic mass is 10.1. The molecule has 1 heterocycles. The van der Waals surface area contributed by atoms with E-state index in [0.29, 0.717) is 41.0 Å². The van der Waals surface area contributed by atoms with Gasteiger partial charge in [-0.25, -0.2) is 0 Å². The Kier molecular flexibility index (Phi) is 6.59. The third-order valence-corrected chi connectivity index (χ3v) is 5.19. The molecule has 3 aromatic carbocycles. The fourth-order valence-corrected chi connectivity index (χ4v) is 3.38. The van der Waals surface area contributed by atoms with Crippen LogP contribution in [0.1, 0.15) is 5.56 Å². The minimum atomic E-state index is -0.259. The van der Waals surface area contributed by atoms with Gasteiger partial charge in [-0.1, -0.05) is 24.3 Å². The van der Waals surface area contributed by atoms with Crippen molar-refractivity contribution in [2.75, 3.05) is 20.3 Å². The number of carbonyl (C=O) groups excluding carboxylic acids is 1. The van der Waals surface area contributed by atoms with Gasteiger partial charge in [0.1, 0.15) is 29.1 Å². The first-order chi connectivity index (χ1) is 16.0. The van der Waals surface area contributed by atoms with Crippen LogP contribution in [0.3, 0.4) is 0 Å². The molecule has 0 fully saturated rings. The van der Waals surface area contributed by atoms with Crippen molar-refractivity contribution in [3.8, 4) is 28.4 Å². The average molecular weight is 445 g/mol. The zero-order valence-electron chi connectivity index (χ0n) is 18.0. The van der Waals surface area contributed by atoms with Gasteiger partial charge in [0.15, 0.2) is 12.0 Å². The van der Waals surface area contributed by atoms with Gasteiger partial charge in [-0.3, -0.25) is 9.59 Å². The highest BCUT2D eigenvalue weighted by atomic mass is 16.5. The molecule has 2 N–H and O–H groups in total. The predicted octanol–water partition coefficient (Wildman–Crippen LogP) is 3.91. The highest BCUT2D eigenvalue weighted by Gasteiger charge is 2.11. The Morgan fingerprint density at radius 2 is 1.73 bits per heavy atom. The summed E-state index contributed by atoms with van der Waals surface area (Å²) in [6, 6.07) is 18.9. The maximum atomic E-state index is 12.9. The monoisotopic (exact) mass is 445 g/mol. The SMILES string of the molecule is COc1ccc(-c2coc3cc(OCC(=O)NCCc4ccc(O)cc4)ccc3c2=O)cc1. The van der Waals surface area contributed by atoms with Crippen molar-refractivity contribution in [2.24, 2.45) is 0 Å². The van der Waals surface area contributed by atoms with E-state index in [1.165, 1.54) is 6.26 Å². The summed E-state index contributed by atoms with van der Waals surface area (Å²) in [6.45, 7) is 0.295. The number of rotatable bonds is 8. The average Bonchev–Trinajstić information content (AvgIpc) is 2.84. The van der Waals surface area contributed by atoms with Crippen LogP contribution in [-0.4, -0.2) is 31.3 Å². The van der Waals surface area contributed by atoms with Gasteiger partial charge in [0.2, 0.25) is 0 Å². The van der Waals surface area contributed by atoms with E-state index in [9.17, 15) is 14.7 Å². The fourth-order valence-electron chi connectivity index (χ4n) is 3.38. The van der Waals surface area contributed by atoms with E-state index >= 15 is 0 Å². The molecule has 33 heavy (non-hydrogen) atoms. The first kappa shape index (κ1) is 22.0. The normalized spacial score (nSPS) is 10.7. The molecule has 1 amide bonds. The second-order valence-corrected chi connectivity index (χ2v) is 7.42. The Bertz CT molecular complexity index is 1310. The number of aromatic hydroxyl groups is 1. The van der Waals surface area contributed by atoms with Crippen LogP contribution in [0.4, 0.5) is 0 Å². The molecule has 4 rings (SSSR count). The van der Waals surface area contributed by atoms with Gasteiger partial charge in [-0.05, 0) is 53.9 Å². The van der Waals surface area contributed by atoms with Gasteiger partial charge in [0, 0.05) is 12.6 Å². The van der Waals surface area contributed by atoms with Gasteiger partial charge >= 0.3 is 0 Å². The van der Waals surface area contributed by atoms with Crippen LogP contribution in [0.5, 0.6) is 17.2 Å². The summed E-state index contributed by atoms with van der Waals surface area (Å²) in [5.41, 5.74) is 2.41. The summed E-state index contributed by atoms with van der Waals surface area (Å²) >= 11 is 0. The van der Waals surface area contributed by atoms with Gasteiger partial charge < -0.3 is 24.3 Å². The fraction of sp³-hybridized carbons (Fsp3) is 0.154. The van der Waals surface area contributed by atoms with Crippen molar-refractivity contribution in [1.29, 1.82) is 0 Å². The first-order valence-corrected chi connectivity index (χ1v) is 10.4. The zero-order chi connectivity index (χ0) is 23.2. The van der Waals surface area contributed by atoms with E-state index in [2.05, 4.69) is 5.32 Å². The molecule has 0 unspecified atom stereocenters. The largest absolute Gasteiger partial charge is 0.508 e. The molecule has 7 heteroatoms. The maximum Gasteiger partial charge on any atom is 0.257 e. The van der Waals surface area contributed by atoms with Crippen LogP contribution in [-0.2, 0) is 11.2 Å². The highest BCUT2D eigenvalue weighted by Crippen LogP contribution is 2.24. The van der Waals surface area contributed by atoms with E-state index in [-0.39, 0.29) is 23.7 Å². The van der Waals surface area contributed by atoms with Gasteiger partial charge in [-0.15, -0.1) is 0 Å². The molecule has 0 atom stereocenters. The molecule has 0 aliphatic rings. The highest BCUT2D eigenvalue weighted by molar-refractivity contribution is 5.83. The Morgan fingerprint density at radius 1 is 1.00 bits per heavy atom. The molecule has 168 valence electrons. The number of methoxy groups -OCH3 is 1. The van der Waals surface area contributed by atoms with Gasteiger partial charge in [0.05, 0.1) is 18.1 Å². The number of carbonyl (C=O) groups is 1. The maximum absolute atomic E-state index is 12.9. The molecule has 0 spiro atoms. The van der Waals surface area contributed by atoms with Gasteiger partial charge in [-0.2, -0.15) is 0 Å². The zero-order valence-corrected chi connectivity index (χ0v) is 18.0. The molecular weight excluding hydrogens is 422 g/mol. The number of ether oxygens (including phenoxy) is 2. The molecule has 0 bridgehead atoms. The van der Waals surface area contributed by atoms with Crippen LogP contribution in [0, 0.1) is 0 Å². The van der Waals surface area contributed by atoms with Crippen LogP contribution in [0.25, 0.3) is 22.1 Å². The van der Waals surface area contributed by atoms with E-state index in [4.69, 9.17) is 13.9 Å². The van der Waals surface area contributed by atoms with Crippen molar-refractivity contribution in [3.63, 3.8) is 0 Å².